The first-order valence-corrected chi connectivity index (χ1v) is 7.18. The fourth-order valence-corrected chi connectivity index (χ4v) is 2.54. The Bertz CT molecular complexity index is 819. The Morgan fingerprint density at radius 3 is 2.16 bits per heavy atom. The zero-order valence-electron chi connectivity index (χ0n) is 12.9. The lowest BCUT2D eigenvalue weighted by Crippen LogP contribution is -2.45. The maximum absolute atomic E-state index is 15.5. The van der Waals surface area contributed by atoms with E-state index >= 15 is 4.39 Å². The second-order valence-electron chi connectivity index (χ2n) is 5.29. The van der Waals surface area contributed by atoms with Crippen molar-refractivity contribution < 1.29 is 27.1 Å². The van der Waals surface area contributed by atoms with E-state index in [9.17, 15) is 18.0 Å². The molecule has 0 bridgehead atoms. The molecule has 1 amide bonds. The Balaban J connectivity index is 2.13. The van der Waals surface area contributed by atoms with Crippen molar-refractivity contribution in [1.29, 1.82) is 0 Å². The third-order valence-electron chi connectivity index (χ3n) is 3.77. The molecule has 1 aliphatic heterocycles. The molecule has 0 fully saturated rings. The molecule has 25 heavy (non-hydrogen) atoms. The van der Waals surface area contributed by atoms with Gasteiger partial charge in [0.1, 0.15) is 5.75 Å². The first-order valence-electron chi connectivity index (χ1n) is 7.18. The lowest BCUT2D eigenvalue weighted by Gasteiger charge is -2.22. The van der Waals surface area contributed by atoms with E-state index < -0.39 is 29.0 Å². The van der Waals surface area contributed by atoms with Crippen molar-refractivity contribution in [2.45, 2.75) is 11.8 Å². The summed E-state index contributed by atoms with van der Waals surface area (Å²) in [6.07, 6.45) is -5.12. The Morgan fingerprint density at radius 2 is 1.64 bits per heavy atom. The molecule has 0 radical (unpaired) electrons. The summed E-state index contributed by atoms with van der Waals surface area (Å²) in [5, 5.41) is 3.69. The highest BCUT2D eigenvalue weighted by atomic mass is 19.4. The number of anilines is 1. The van der Waals surface area contributed by atoms with Crippen molar-refractivity contribution in [3.05, 3.63) is 60.2 Å². The standard InChI is InChI=1S/C17H12F4N2O2/c1-25-13-9-7-11(8-10-13)16(18)14(17(19,20)21)22-23(15(16)24)12-5-3-2-4-6-12/h2-10H,1H3/t16-/m1/s1. The topological polar surface area (TPSA) is 41.9 Å². The van der Waals surface area contributed by atoms with Gasteiger partial charge in [0.25, 0.3) is 11.6 Å². The summed E-state index contributed by atoms with van der Waals surface area (Å²) < 4.78 is 60.5. The molecule has 3 rings (SSSR count). The number of benzene rings is 2. The van der Waals surface area contributed by atoms with Gasteiger partial charge in [-0.25, -0.2) is 4.39 Å². The predicted octanol–water partition coefficient (Wildman–Crippen LogP) is 3.83. The molecule has 130 valence electrons. The molecule has 0 unspecified atom stereocenters. The van der Waals surface area contributed by atoms with Crippen LogP contribution in [0.3, 0.4) is 0 Å². The number of nitrogens with zero attached hydrogens (tertiary/aromatic N) is 2. The molecule has 1 atom stereocenters. The van der Waals surface area contributed by atoms with Crippen LogP contribution in [0, 0.1) is 0 Å². The van der Waals surface area contributed by atoms with Gasteiger partial charge in [0.2, 0.25) is 0 Å². The molecular formula is C17H12F4N2O2. The van der Waals surface area contributed by atoms with Crippen LogP contribution < -0.4 is 9.75 Å². The van der Waals surface area contributed by atoms with E-state index in [1.807, 2.05) is 0 Å². The summed E-state index contributed by atoms with van der Waals surface area (Å²) in [5.74, 6) is -1.10. The van der Waals surface area contributed by atoms with E-state index in [0.29, 0.717) is 10.8 Å². The summed E-state index contributed by atoms with van der Waals surface area (Å²) in [4.78, 5) is 12.5. The predicted molar refractivity (Wildman–Crippen MR) is 83.2 cm³/mol. The van der Waals surface area contributed by atoms with Crippen LogP contribution in [0.1, 0.15) is 5.56 Å². The number of carbonyl (C=O) groups excluding carboxylic acids is 1. The van der Waals surface area contributed by atoms with Crippen LogP contribution in [0.2, 0.25) is 0 Å². The van der Waals surface area contributed by atoms with Crippen LogP contribution in [-0.4, -0.2) is 24.9 Å². The molecule has 0 N–H and O–H groups in total. The van der Waals surface area contributed by atoms with Gasteiger partial charge in [0.05, 0.1) is 12.8 Å². The number of rotatable bonds is 3. The zero-order valence-corrected chi connectivity index (χ0v) is 12.9. The average molecular weight is 352 g/mol. The van der Waals surface area contributed by atoms with Crippen molar-refractivity contribution in [3.63, 3.8) is 0 Å². The number of para-hydroxylation sites is 1. The van der Waals surface area contributed by atoms with Crippen molar-refractivity contribution in [2.24, 2.45) is 5.10 Å². The molecule has 0 spiro atoms. The number of methoxy groups -OCH3 is 1. The van der Waals surface area contributed by atoms with Crippen LogP contribution in [0.5, 0.6) is 5.75 Å². The summed E-state index contributed by atoms with van der Waals surface area (Å²) >= 11 is 0. The smallest absolute Gasteiger partial charge is 0.435 e. The van der Waals surface area contributed by atoms with E-state index in [0.717, 1.165) is 12.1 Å². The van der Waals surface area contributed by atoms with Crippen molar-refractivity contribution >= 4 is 17.3 Å². The first kappa shape index (κ1) is 16.9. The van der Waals surface area contributed by atoms with Crippen LogP contribution in [-0.2, 0) is 10.5 Å². The fourth-order valence-electron chi connectivity index (χ4n) is 2.54. The van der Waals surface area contributed by atoms with Gasteiger partial charge in [-0.15, -0.1) is 0 Å². The van der Waals surface area contributed by atoms with Gasteiger partial charge in [-0.05, 0) is 24.3 Å². The average Bonchev–Trinajstić information content (AvgIpc) is 2.89. The molecule has 4 nitrogen and oxygen atoms in total. The van der Waals surface area contributed by atoms with Gasteiger partial charge in [-0.2, -0.15) is 23.3 Å². The largest absolute Gasteiger partial charge is 0.497 e. The van der Waals surface area contributed by atoms with Gasteiger partial charge in [-0.3, -0.25) is 4.79 Å². The van der Waals surface area contributed by atoms with E-state index in [1.54, 1.807) is 6.07 Å². The maximum Gasteiger partial charge on any atom is 0.435 e. The Labute approximate surface area is 140 Å². The SMILES string of the molecule is COc1ccc([C@]2(F)C(=O)N(c3ccccc3)N=C2C(F)(F)F)cc1. The van der Waals surface area contributed by atoms with Gasteiger partial charge in [0.15, 0.2) is 5.71 Å². The van der Waals surface area contributed by atoms with Crippen LogP contribution >= 0.6 is 0 Å². The molecule has 8 heteroatoms. The van der Waals surface area contributed by atoms with Gasteiger partial charge in [-0.1, -0.05) is 30.3 Å². The van der Waals surface area contributed by atoms with Crippen LogP contribution in [0.25, 0.3) is 0 Å². The number of hydrazone groups is 1. The molecule has 2 aromatic carbocycles. The van der Waals surface area contributed by atoms with Gasteiger partial charge >= 0.3 is 6.18 Å². The van der Waals surface area contributed by atoms with E-state index in [2.05, 4.69) is 5.10 Å². The molecule has 1 heterocycles. The summed E-state index contributed by atoms with van der Waals surface area (Å²) in [7, 11) is 1.36. The second kappa shape index (κ2) is 5.87. The second-order valence-corrected chi connectivity index (χ2v) is 5.29. The number of amides is 1. The molecule has 2 aromatic rings. The highest BCUT2D eigenvalue weighted by Crippen LogP contribution is 2.43. The first-order chi connectivity index (χ1) is 11.8. The van der Waals surface area contributed by atoms with E-state index in [1.165, 1.54) is 43.5 Å². The zero-order chi connectivity index (χ0) is 18.2. The van der Waals surface area contributed by atoms with E-state index in [-0.39, 0.29) is 5.69 Å². The Kier molecular flexibility index (Phi) is 3.98. The number of hydrogen-bond donors (Lipinski definition) is 0. The molecule has 0 saturated heterocycles. The lowest BCUT2D eigenvalue weighted by molar-refractivity contribution is -0.127. The monoisotopic (exact) mass is 352 g/mol. The van der Waals surface area contributed by atoms with Crippen LogP contribution in [0.15, 0.2) is 59.7 Å². The molecular weight excluding hydrogens is 340 g/mol. The quantitative estimate of drug-likeness (QED) is 0.788. The lowest BCUT2D eigenvalue weighted by atomic mass is 9.90. The molecule has 0 aliphatic carbocycles. The van der Waals surface area contributed by atoms with Crippen molar-refractivity contribution in [1.82, 2.24) is 0 Å². The summed E-state index contributed by atoms with van der Waals surface area (Å²) in [6, 6.07) is 12.1. The van der Waals surface area contributed by atoms with Crippen LogP contribution in [0.4, 0.5) is 23.2 Å². The van der Waals surface area contributed by atoms with Gasteiger partial charge in [0, 0.05) is 5.56 Å². The molecule has 1 aliphatic rings. The third kappa shape index (κ3) is 2.73. The van der Waals surface area contributed by atoms with Crippen molar-refractivity contribution in [2.75, 3.05) is 12.1 Å². The Hall–Kier alpha value is -2.90. The number of alkyl halides is 4. The molecule has 0 aromatic heterocycles. The minimum Gasteiger partial charge on any atom is -0.497 e. The van der Waals surface area contributed by atoms with Crippen molar-refractivity contribution in [3.8, 4) is 5.75 Å². The third-order valence-corrected chi connectivity index (χ3v) is 3.77. The van der Waals surface area contributed by atoms with E-state index in [4.69, 9.17) is 4.74 Å². The maximum atomic E-state index is 15.5. The fraction of sp³-hybridized carbons (Fsp3) is 0.176. The Morgan fingerprint density at radius 1 is 1.04 bits per heavy atom. The van der Waals surface area contributed by atoms with Gasteiger partial charge < -0.3 is 4.74 Å². The number of ether oxygens (including phenoxy) is 1. The minimum atomic E-state index is -5.12. The summed E-state index contributed by atoms with van der Waals surface area (Å²) in [5.41, 5.74) is -5.66. The minimum absolute atomic E-state index is 0.0438. The number of hydrogen-bond acceptors (Lipinski definition) is 3. The highest BCUT2D eigenvalue weighted by molar-refractivity contribution is 6.23. The normalized spacial score (nSPS) is 20.6. The number of carbonyl (C=O) groups is 1. The highest BCUT2D eigenvalue weighted by Gasteiger charge is 2.63. The number of halogens is 4. The molecule has 0 saturated carbocycles. The summed E-state index contributed by atoms with van der Waals surface area (Å²) in [6.45, 7) is 0.